The average Bonchev–Trinajstić information content (AvgIpc) is 3.53. The van der Waals surface area contributed by atoms with Gasteiger partial charge in [-0.2, -0.15) is 4.98 Å². The second kappa shape index (κ2) is 9.72. The summed E-state index contributed by atoms with van der Waals surface area (Å²) < 4.78 is 12.9. The van der Waals surface area contributed by atoms with Crippen molar-refractivity contribution >= 4 is 47.2 Å². The molecule has 8 heteroatoms. The van der Waals surface area contributed by atoms with E-state index in [-0.39, 0.29) is 0 Å². The smallest absolute Gasteiger partial charge is 0.229 e. The van der Waals surface area contributed by atoms with Crippen LogP contribution in [0.2, 0.25) is 5.02 Å². The highest BCUT2D eigenvalue weighted by Gasteiger charge is 2.46. The largest absolute Gasteiger partial charge is 0.338 e. The molecule has 0 bridgehead atoms. The van der Waals surface area contributed by atoms with Crippen LogP contribution in [0.5, 0.6) is 0 Å². The standard InChI is InChI=1S/C29H35ClN5OP/c1-18-4-11-26(27(12-18)37(2,3)36)33-28-25(30)15-31-29(34-28)32-23-8-5-19-6-9-24(10-7-20(19)14-23)35-16-21-13-22(21)17-35/h4-5,8,11-12,14-15,21-22,24H,6-7,9-10,13,16-17H2,1-3H3,(H2,31,32,33,34). The zero-order valence-electron chi connectivity index (χ0n) is 21.8. The first-order valence-electron chi connectivity index (χ1n) is 13.3. The summed E-state index contributed by atoms with van der Waals surface area (Å²) in [5, 5.41) is 7.86. The van der Waals surface area contributed by atoms with Crippen LogP contribution < -0.4 is 15.9 Å². The Balaban J connectivity index is 1.18. The number of benzene rings is 2. The van der Waals surface area contributed by atoms with Gasteiger partial charge < -0.3 is 15.2 Å². The monoisotopic (exact) mass is 535 g/mol. The molecule has 2 N–H and O–H groups in total. The van der Waals surface area contributed by atoms with Crippen molar-refractivity contribution < 1.29 is 4.57 Å². The Labute approximate surface area is 224 Å². The van der Waals surface area contributed by atoms with Crippen molar-refractivity contribution in [2.75, 3.05) is 37.1 Å². The highest BCUT2D eigenvalue weighted by molar-refractivity contribution is 7.70. The topological polar surface area (TPSA) is 70.2 Å². The van der Waals surface area contributed by atoms with Gasteiger partial charge in [-0.05, 0) is 99.6 Å². The van der Waals surface area contributed by atoms with Crippen molar-refractivity contribution in [3.8, 4) is 0 Å². The maximum absolute atomic E-state index is 12.9. The lowest BCUT2D eigenvalue weighted by Gasteiger charge is -2.27. The van der Waals surface area contributed by atoms with Crippen molar-refractivity contribution in [3.05, 3.63) is 64.3 Å². The molecule has 1 saturated carbocycles. The summed E-state index contributed by atoms with van der Waals surface area (Å²) in [6, 6.07) is 13.2. The lowest BCUT2D eigenvalue weighted by Crippen LogP contribution is -2.34. The minimum absolute atomic E-state index is 0.409. The Morgan fingerprint density at radius 3 is 2.51 bits per heavy atom. The number of aromatic nitrogens is 2. The molecule has 6 nitrogen and oxygen atoms in total. The van der Waals surface area contributed by atoms with Crippen molar-refractivity contribution in [1.29, 1.82) is 0 Å². The van der Waals surface area contributed by atoms with E-state index in [0.717, 1.165) is 53.0 Å². The van der Waals surface area contributed by atoms with Crippen molar-refractivity contribution in [2.24, 2.45) is 11.8 Å². The van der Waals surface area contributed by atoms with E-state index < -0.39 is 7.14 Å². The number of aryl methyl sites for hydroxylation is 3. The number of hydrogen-bond donors (Lipinski definition) is 2. The average molecular weight is 536 g/mol. The summed E-state index contributed by atoms with van der Waals surface area (Å²) in [5.41, 5.74) is 5.69. The zero-order valence-corrected chi connectivity index (χ0v) is 23.4. The van der Waals surface area contributed by atoms with E-state index in [1.54, 1.807) is 19.5 Å². The lowest BCUT2D eigenvalue weighted by molar-refractivity contribution is 0.201. The van der Waals surface area contributed by atoms with Gasteiger partial charge in [0.25, 0.3) is 0 Å². The maximum atomic E-state index is 12.9. The summed E-state index contributed by atoms with van der Waals surface area (Å²) in [5.74, 6) is 2.94. The first kappa shape index (κ1) is 24.9. The molecule has 0 spiro atoms. The number of nitrogens with zero attached hydrogens (tertiary/aromatic N) is 3. The van der Waals surface area contributed by atoms with Gasteiger partial charge in [-0.15, -0.1) is 0 Å². The molecular formula is C29H35ClN5OP. The molecule has 3 aliphatic rings. The van der Waals surface area contributed by atoms with Crippen LogP contribution in [0.4, 0.5) is 23.1 Å². The first-order chi connectivity index (χ1) is 17.7. The fraction of sp³-hybridized carbons (Fsp3) is 0.448. The van der Waals surface area contributed by atoms with Crippen molar-refractivity contribution in [3.63, 3.8) is 0 Å². The van der Waals surface area contributed by atoms with E-state index in [0.29, 0.717) is 16.8 Å². The van der Waals surface area contributed by atoms with E-state index >= 15 is 0 Å². The fourth-order valence-corrected chi connectivity index (χ4v) is 7.39. The van der Waals surface area contributed by atoms with Gasteiger partial charge >= 0.3 is 0 Å². The van der Waals surface area contributed by atoms with Crippen LogP contribution in [0.25, 0.3) is 0 Å². The quantitative estimate of drug-likeness (QED) is 0.282. The Kier molecular flexibility index (Phi) is 6.55. The molecule has 3 unspecified atom stereocenters. The third-order valence-corrected chi connectivity index (χ3v) is 10.0. The number of anilines is 4. The number of likely N-dealkylation sites (tertiary alicyclic amines) is 1. The van der Waals surface area contributed by atoms with Crippen LogP contribution in [0.1, 0.15) is 36.0 Å². The summed E-state index contributed by atoms with van der Waals surface area (Å²) in [7, 11) is -2.50. The summed E-state index contributed by atoms with van der Waals surface area (Å²) in [6.45, 7) is 8.19. The van der Waals surface area contributed by atoms with Crippen LogP contribution in [0.3, 0.4) is 0 Å². The maximum Gasteiger partial charge on any atom is 0.229 e. The van der Waals surface area contributed by atoms with E-state index in [9.17, 15) is 4.57 Å². The molecule has 194 valence electrons. The number of piperidine rings is 1. The van der Waals surface area contributed by atoms with Crippen LogP contribution in [0, 0.1) is 18.8 Å². The second-order valence-corrected chi connectivity index (χ2v) is 15.0. The number of fused-ring (bicyclic) bond motifs is 2. The van der Waals surface area contributed by atoms with Gasteiger partial charge in [0.2, 0.25) is 5.95 Å². The van der Waals surface area contributed by atoms with Crippen molar-refractivity contribution in [1.82, 2.24) is 14.9 Å². The van der Waals surface area contributed by atoms with Crippen LogP contribution in [0.15, 0.2) is 42.6 Å². The fourth-order valence-electron chi connectivity index (χ4n) is 6.03. The number of rotatable bonds is 6. The van der Waals surface area contributed by atoms with E-state index in [1.165, 1.54) is 43.5 Å². The van der Waals surface area contributed by atoms with Gasteiger partial charge in [-0.3, -0.25) is 4.90 Å². The van der Waals surface area contributed by atoms with E-state index in [2.05, 4.69) is 43.7 Å². The van der Waals surface area contributed by atoms with Crippen LogP contribution in [-0.2, 0) is 17.4 Å². The molecule has 0 amide bonds. The lowest BCUT2D eigenvalue weighted by atomic mass is 10.0. The molecule has 3 atom stereocenters. The third kappa shape index (κ3) is 5.43. The second-order valence-electron chi connectivity index (χ2n) is 11.4. The normalized spacial score (nSPS) is 23.2. The molecule has 1 aromatic heterocycles. The Morgan fingerprint density at radius 1 is 1.00 bits per heavy atom. The SMILES string of the molecule is Cc1ccc(Nc2nc(Nc3ccc4c(c3)CCC(N3CC5CC5C3)CC4)ncc2Cl)c(P(C)(C)=O)c1. The molecule has 1 aliphatic heterocycles. The highest BCUT2D eigenvalue weighted by Crippen LogP contribution is 2.46. The molecule has 37 heavy (non-hydrogen) atoms. The van der Waals surface area contributed by atoms with E-state index in [1.807, 2.05) is 25.1 Å². The molecular weight excluding hydrogens is 501 g/mol. The summed E-state index contributed by atoms with van der Waals surface area (Å²) in [4.78, 5) is 11.8. The predicted molar refractivity (Wildman–Crippen MR) is 154 cm³/mol. The third-order valence-electron chi connectivity index (χ3n) is 8.21. The molecule has 2 heterocycles. The van der Waals surface area contributed by atoms with Crippen molar-refractivity contribution in [2.45, 2.75) is 45.1 Å². The van der Waals surface area contributed by atoms with Gasteiger partial charge in [0.05, 0.1) is 11.9 Å². The van der Waals surface area contributed by atoms with Gasteiger partial charge in [-0.25, -0.2) is 4.98 Å². The van der Waals surface area contributed by atoms with E-state index in [4.69, 9.17) is 11.6 Å². The summed E-state index contributed by atoms with van der Waals surface area (Å²) >= 11 is 6.45. The molecule has 1 saturated heterocycles. The Morgan fingerprint density at radius 2 is 1.76 bits per heavy atom. The number of hydrogen-bond acceptors (Lipinski definition) is 6. The minimum Gasteiger partial charge on any atom is -0.338 e. The molecule has 0 radical (unpaired) electrons. The van der Waals surface area contributed by atoms with Crippen LogP contribution >= 0.6 is 18.7 Å². The van der Waals surface area contributed by atoms with Crippen LogP contribution in [-0.4, -0.2) is 47.3 Å². The Hall–Kier alpha value is -2.40. The van der Waals surface area contributed by atoms with Gasteiger partial charge in [-0.1, -0.05) is 29.3 Å². The molecule has 3 aromatic rings. The molecule has 2 aromatic carbocycles. The zero-order chi connectivity index (χ0) is 25.7. The van der Waals surface area contributed by atoms with Gasteiger partial charge in [0, 0.05) is 30.1 Å². The van der Waals surface area contributed by atoms with Gasteiger partial charge in [0.1, 0.15) is 12.2 Å². The Bertz CT molecular complexity index is 1380. The summed E-state index contributed by atoms with van der Waals surface area (Å²) in [6.07, 6.45) is 7.82. The number of nitrogens with one attached hydrogen (secondary N) is 2. The first-order valence-corrected chi connectivity index (χ1v) is 16.3. The highest BCUT2D eigenvalue weighted by atomic mass is 35.5. The number of halogens is 1. The minimum atomic E-state index is -2.50. The predicted octanol–water partition coefficient (Wildman–Crippen LogP) is 6.37. The van der Waals surface area contributed by atoms with Gasteiger partial charge in [0.15, 0.2) is 5.82 Å². The molecule has 2 fully saturated rings. The molecule has 6 rings (SSSR count). The molecule has 2 aliphatic carbocycles.